The lowest BCUT2D eigenvalue weighted by Gasteiger charge is -2.01. The zero-order valence-corrected chi connectivity index (χ0v) is 11.8. The summed E-state index contributed by atoms with van der Waals surface area (Å²) >= 11 is 0. The monoisotopic (exact) mass is 288 g/mol. The summed E-state index contributed by atoms with van der Waals surface area (Å²) in [4.78, 5) is 11.3. The van der Waals surface area contributed by atoms with Crippen LogP contribution in [0, 0.1) is 0 Å². The smallest absolute Gasteiger partial charge is 0.337 e. The molecule has 0 atom stereocenters. The zero-order valence-electron chi connectivity index (χ0n) is 11.8. The van der Waals surface area contributed by atoms with Crippen molar-refractivity contribution >= 4 is 18.1 Å². The van der Waals surface area contributed by atoms with Gasteiger partial charge in [-0.05, 0) is 17.7 Å². The van der Waals surface area contributed by atoms with Gasteiger partial charge in [0, 0.05) is 6.42 Å². The van der Waals surface area contributed by atoms with E-state index in [2.05, 4.69) is 25.5 Å². The van der Waals surface area contributed by atoms with Crippen LogP contribution in [0.25, 0.3) is 0 Å². The topological polar surface area (TPSA) is 107 Å². The molecule has 3 N–H and O–H groups in total. The number of nitrogen functional groups attached to an aromatic ring is 1. The van der Waals surface area contributed by atoms with Crippen molar-refractivity contribution in [1.29, 1.82) is 0 Å². The molecule has 8 nitrogen and oxygen atoms in total. The SMILES string of the molecule is CCc1nnc(N/N=C\c2ccc(C(=O)OC)cc2)n1N. The Kier molecular flexibility index (Phi) is 4.50. The molecule has 0 aliphatic rings. The molecule has 0 bridgehead atoms. The minimum absolute atomic E-state index is 0.356. The normalized spacial score (nSPS) is 10.8. The zero-order chi connectivity index (χ0) is 15.2. The van der Waals surface area contributed by atoms with Crippen LogP contribution in [0.4, 0.5) is 5.95 Å². The molecule has 1 heterocycles. The molecule has 0 aliphatic heterocycles. The van der Waals surface area contributed by atoms with E-state index in [0.717, 1.165) is 5.56 Å². The fraction of sp³-hybridized carbons (Fsp3) is 0.231. The third kappa shape index (κ3) is 3.35. The van der Waals surface area contributed by atoms with E-state index < -0.39 is 0 Å². The summed E-state index contributed by atoms with van der Waals surface area (Å²) < 4.78 is 5.97. The Morgan fingerprint density at radius 3 is 2.71 bits per heavy atom. The van der Waals surface area contributed by atoms with E-state index in [0.29, 0.717) is 23.8 Å². The van der Waals surface area contributed by atoms with Crippen molar-refractivity contribution in [2.75, 3.05) is 18.4 Å². The number of nitrogens with one attached hydrogen (secondary N) is 1. The highest BCUT2D eigenvalue weighted by atomic mass is 16.5. The third-order valence-electron chi connectivity index (χ3n) is 2.79. The molecule has 0 saturated heterocycles. The van der Waals surface area contributed by atoms with Gasteiger partial charge in [0.2, 0.25) is 0 Å². The number of carbonyl (C=O) groups is 1. The number of nitrogens with zero attached hydrogens (tertiary/aromatic N) is 4. The Morgan fingerprint density at radius 2 is 2.14 bits per heavy atom. The lowest BCUT2D eigenvalue weighted by Crippen LogP contribution is -2.14. The number of hydrazone groups is 1. The number of carbonyl (C=O) groups excluding carboxylic acids is 1. The fourth-order valence-corrected chi connectivity index (χ4v) is 1.63. The number of benzene rings is 1. The van der Waals surface area contributed by atoms with Crippen LogP contribution in [0.3, 0.4) is 0 Å². The Bertz CT molecular complexity index is 647. The molecule has 0 fully saturated rings. The molecule has 1 aromatic carbocycles. The molecular weight excluding hydrogens is 272 g/mol. The molecule has 2 aromatic rings. The van der Waals surface area contributed by atoms with E-state index in [1.54, 1.807) is 30.5 Å². The van der Waals surface area contributed by atoms with Gasteiger partial charge in [-0.3, -0.25) is 0 Å². The van der Waals surface area contributed by atoms with Crippen LogP contribution in [-0.2, 0) is 11.2 Å². The number of nitrogens with two attached hydrogens (primary N) is 1. The standard InChI is InChI=1S/C13H16N6O2/c1-3-11-16-18-13(19(11)14)17-15-8-9-4-6-10(7-5-9)12(20)21-2/h4-8H,3,14H2,1-2H3,(H,17,18)/b15-8-. The number of rotatable bonds is 5. The van der Waals surface area contributed by atoms with Gasteiger partial charge in [0.15, 0.2) is 5.82 Å². The maximum atomic E-state index is 11.3. The van der Waals surface area contributed by atoms with E-state index in [1.807, 2.05) is 6.92 Å². The highest BCUT2D eigenvalue weighted by Gasteiger charge is 2.06. The molecular formula is C13H16N6O2. The summed E-state index contributed by atoms with van der Waals surface area (Å²) in [6.07, 6.45) is 2.27. The van der Waals surface area contributed by atoms with Gasteiger partial charge in [-0.15, -0.1) is 10.2 Å². The van der Waals surface area contributed by atoms with Crippen LogP contribution in [0.5, 0.6) is 0 Å². The summed E-state index contributed by atoms with van der Waals surface area (Å²) in [7, 11) is 1.34. The summed E-state index contributed by atoms with van der Waals surface area (Å²) in [5, 5.41) is 11.8. The van der Waals surface area contributed by atoms with Crippen LogP contribution in [0.1, 0.15) is 28.7 Å². The van der Waals surface area contributed by atoms with Crippen molar-refractivity contribution in [3.8, 4) is 0 Å². The molecule has 0 aliphatic carbocycles. The maximum Gasteiger partial charge on any atom is 0.337 e. The summed E-state index contributed by atoms with van der Waals surface area (Å²) in [5.74, 6) is 6.41. The summed E-state index contributed by atoms with van der Waals surface area (Å²) in [6, 6.07) is 6.83. The number of hydrogen-bond donors (Lipinski definition) is 2. The largest absolute Gasteiger partial charge is 0.465 e. The van der Waals surface area contributed by atoms with Crippen LogP contribution >= 0.6 is 0 Å². The highest BCUT2D eigenvalue weighted by Crippen LogP contribution is 2.05. The molecule has 0 spiro atoms. The van der Waals surface area contributed by atoms with Crippen molar-refractivity contribution in [1.82, 2.24) is 14.9 Å². The first-order valence-corrected chi connectivity index (χ1v) is 6.32. The molecule has 21 heavy (non-hydrogen) atoms. The van der Waals surface area contributed by atoms with Gasteiger partial charge in [-0.1, -0.05) is 19.1 Å². The second kappa shape index (κ2) is 6.51. The van der Waals surface area contributed by atoms with Crippen molar-refractivity contribution in [3.05, 3.63) is 41.2 Å². The molecule has 0 unspecified atom stereocenters. The molecule has 110 valence electrons. The number of hydrogen-bond acceptors (Lipinski definition) is 7. The van der Waals surface area contributed by atoms with Gasteiger partial charge < -0.3 is 10.6 Å². The Balaban J connectivity index is 2.01. The van der Waals surface area contributed by atoms with Crippen molar-refractivity contribution in [3.63, 3.8) is 0 Å². The fourth-order valence-electron chi connectivity index (χ4n) is 1.63. The average molecular weight is 288 g/mol. The predicted molar refractivity (Wildman–Crippen MR) is 78.5 cm³/mol. The van der Waals surface area contributed by atoms with Gasteiger partial charge in [0.25, 0.3) is 5.95 Å². The first-order valence-electron chi connectivity index (χ1n) is 6.32. The van der Waals surface area contributed by atoms with Gasteiger partial charge in [0.1, 0.15) is 0 Å². The maximum absolute atomic E-state index is 11.3. The van der Waals surface area contributed by atoms with E-state index in [-0.39, 0.29) is 5.97 Å². The number of aromatic nitrogens is 3. The molecule has 0 saturated carbocycles. The number of methoxy groups -OCH3 is 1. The first-order chi connectivity index (χ1) is 10.2. The molecule has 1 aromatic heterocycles. The van der Waals surface area contributed by atoms with E-state index in [4.69, 9.17) is 5.84 Å². The van der Waals surface area contributed by atoms with Gasteiger partial charge in [-0.25, -0.2) is 14.9 Å². The lowest BCUT2D eigenvalue weighted by atomic mass is 10.1. The average Bonchev–Trinajstić information content (AvgIpc) is 2.87. The van der Waals surface area contributed by atoms with Crippen LogP contribution in [0.2, 0.25) is 0 Å². The predicted octanol–water partition coefficient (Wildman–Crippen LogP) is 0.787. The molecule has 0 radical (unpaired) electrons. The number of aryl methyl sites for hydroxylation is 1. The third-order valence-corrected chi connectivity index (χ3v) is 2.79. The Labute approximate surface area is 121 Å². The Morgan fingerprint density at radius 1 is 1.43 bits per heavy atom. The van der Waals surface area contributed by atoms with E-state index in [9.17, 15) is 4.79 Å². The van der Waals surface area contributed by atoms with Crippen LogP contribution in [-0.4, -0.2) is 34.2 Å². The quantitative estimate of drug-likeness (QED) is 0.364. The molecule has 8 heteroatoms. The summed E-state index contributed by atoms with van der Waals surface area (Å²) in [5.41, 5.74) is 4.00. The van der Waals surface area contributed by atoms with Crippen molar-refractivity contribution < 1.29 is 9.53 Å². The van der Waals surface area contributed by atoms with Gasteiger partial charge >= 0.3 is 5.97 Å². The second-order valence-corrected chi connectivity index (χ2v) is 4.15. The van der Waals surface area contributed by atoms with E-state index >= 15 is 0 Å². The minimum Gasteiger partial charge on any atom is -0.465 e. The highest BCUT2D eigenvalue weighted by molar-refractivity contribution is 5.90. The lowest BCUT2D eigenvalue weighted by molar-refractivity contribution is 0.0600. The minimum atomic E-state index is -0.375. The van der Waals surface area contributed by atoms with Crippen molar-refractivity contribution in [2.24, 2.45) is 5.10 Å². The van der Waals surface area contributed by atoms with E-state index in [1.165, 1.54) is 11.8 Å². The number of ether oxygens (including phenoxy) is 1. The van der Waals surface area contributed by atoms with Crippen molar-refractivity contribution in [2.45, 2.75) is 13.3 Å². The number of esters is 1. The molecule has 0 amide bonds. The second-order valence-electron chi connectivity index (χ2n) is 4.15. The summed E-state index contributed by atoms with van der Waals surface area (Å²) in [6.45, 7) is 1.93. The van der Waals surface area contributed by atoms with Gasteiger partial charge in [-0.2, -0.15) is 5.10 Å². The van der Waals surface area contributed by atoms with Crippen LogP contribution in [0.15, 0.2) is 29.4 Å². The van der Waals surface area contributed by atoms with Crippen LogP contribution < -0.4 is 11.3 Å². The molecule has 2 rings (SSSR count). The Hall–Kier alpha value is -2.90. The van der Waals surface area contributed by atoms with Gasteiger partial charge in [0.05, 0.1) is 18.9 Å². The number of anilines is 1. The first kappa shape index (κ1) is 14.5.